The normalized spacial score (nSPS) is 19.8. The monoisotopic (exact) mass is 496 g/mol. The van der Waals surface area contributed by atoms with Crippen LogP contribution < -0.4 is 9.80 Å². The first-order chi connectivity index (χ1) is 18.2. The van der Waals surface area contributed by atoms with Gasteiger partial charge in [0.2, 0.25) is 0 Å². The van der Waals surface area contributed by atoms with Gasteiger partial charge in [-0.3, -0.25) is 0 Å². The molecule has 1 fully saturated rings. The number of halogens is 1. The van der Waals surface area contributed by atoms with Crippen LogP contribution in [0.5, 0.6) is 0 Å². The number of ether oxygens (including phenoxy) is 1. The van der Waals surface area contributed by atoms with Crippen molar-refractivity contribution in [3.63, 3.8) is 0 Å². The maximum absolute atomic E-state index is 14.5. The molecule has 0 saturated carbocycles. The molecule has 9 nitrogen and oxygen atoms in total. The topological polar surface area (TPSA) is 87.5 Å². The highest BCUT2D eigenvalue weighted by Gasteiger charge is 2.34. The first-order valence-electron chi connectivity index (χ1n) is 12.4. The fourth-order valence-electron chi connectivity index (χ4n) is 5.35. The van der Waals surface area contributed by atoms with Crippen LogP contribution in [0.3, 0.4) is 0 Å². The Bertz CT molecular complexity index is 1550. The summed E-state index contributed by atoms with van der Waals surface area (Å²) in [5.41, 5.74) is 4.25. The van der Waals surface area contributed by atoms with Gasteiger partial charge in [0.25, 0.3) is 0 Å². The van der Waals surface area contributed by atoms with Crippen LogP contribution in [0.15, 0.2) is 73.4 Å². The van der Waals surface area contributed by atoms with E-state index in [1.54, 1.807) is 35.5 Å². The van der Waals surface area contributed by atoms with Crippen LogP contribution in [0.25, 0.3) is 5.52 Å². The van der Waals surface area contributed by atoms with Gasteiger partial charge in [0.1, 0.15) is 41.4 Å². The molecular weight excluding hydrogens is 471 g/mol. The van der Waals surface area contributed by atoms with Crippen molar-refractivity contribution in [2.45, 2.75) is 18.6 Å². The number of rotatable bonds is 4. The molecular formula is C27H25FN8O. The van der Waals surface area contributed by atoms with Gasteiger partial charge in [-0.15, -0.1) is 0 Å². The van der Waals surface area contributed by atoms with Crippen molar-refractivity contribution < 1.29 is 9.13 Å². The number of anilines is 2. The van der Waals surface area contributed by atoms with Crippen molar-refractivity contribution in [3.05, 3.63) is 102 Å². The lowest BCUT2D eigenvalue weighted by atomic mass is 9.99. The van der Waals surface area contributed by atoms with Gasteiger partial charge in [-0.05, 0) is 23.8 Å². The first-order valence-corrected chi connectivity index (χ1v) is 12.4. The maximum Gasteiger partial charge on any atom is 0.148 e. The number of aromatic nitrogens is 6. The van der Waals surface area contributed by atoms with E-state index in [9.17, 15) is 4.39 Å². The highest BCUT2D eigenvalue weighted by Crippen LogP contribution is 2.37. The standard InChI is InChI=1S/C27H25FN8O/c28-19-7-4-9-36-22(19)13-21(33-36)27-26-20(29-16-32-26)8-10-35(27)25-14-24(30-17-31-25)34-11-12-37-23(15-34)18-5-2-1-3-6-18/h1-7,9,13-14,16-17,23,27H,8,10-12,15H2,(H,29,32)/t23-,27-/m1/s1. The molecule has 7 rings (SSSR count). The number of nitrogens with one attached hydrogen (secondary N) is 1. The second-order valence-electron chi connectivity index (χ2n) is 9.32. The minimum Gasteiger partial charge on any atom is -0.370 e. The molecule has 10 heteroatoms. The highest BCUT2D eigenvalue weighted by atomic mass is 19.1. The fourth-order valence-corrected chi connectivity index (χ4v) is 5.35. The number of pyridine rings is 1. The molecule has 2 atom stereocenters. The Balaban J connectivity index is 1.24. The van der Waals surface area contributed by atoms with Gasteiger partial charge in [-0.1, -0.05) is 30.3 Å². The molecule has 1 N–H and O–H groups in total. The molecule has 186 valence electrons. The molecule has 4 aromatic heterocycles. The van der Waals surface area contributed by atoms with Crippen LogP contribution in [0.2, 0.25) is 0 Å². The van der Waals surface area contributed by atoms with E-state index in [0.29, 0.717) is 30.9 Å². The quantitative estimate of drug-likeness (QED) is 0.406. The van der Waals surface area contributed by atoms with Crippen molar-refractivity contribution in [1.29, 1.82) is 0 Å². The number of imidazole rings is 1. The summed E-state index contributed by atoms with van der Waals surface area (Å²) >= 11 is 0. The second kappa shape index (κ2) is 8.97. The number of aromatic amines is 1. The predicted molar refractivity (Wildman–Crippen MR) is 136 cm³/mol. The van der Waals surface area contributed by atoms with Crippen LogP contribution in [0.4, 0.5) is 16.0 Å². The second-order valence-corrected chi connectivity index (χ2v) is 9.32. The zero-order valence-corrected chi connectivity index (χ0v) is 20.0. The lowest BCUT2D eigenvalue weighted by molar-refractivity contribution is 0.0395. The summed E-state index contributed by atoms with van der Waals surface area (Å²) in [5.74, 6) is 1.32. The Morgan fingerprint density at radius 2 is 1.86 bits per heavy atom. The molecule has 6 heterocycles. The van der Waals surface area contributed by atoms with E-state index in [1.165, 1.54) is 6.07 Å². The van der Waals surface area contributed by atoms with Gasteiger partial charge in [-0.25, -0.2) is 23.9 Å². The van der Waals surface area contributed by atoms with E-state index < -0.39 is 0 Å². The van der Waals surface area contributed by atoms with Gasteiger partial charge in [0, 0.05) is 44.0 Å². The van der Waals surface area contributed by atoms with E-state index in [0.717, 1.165) is 41.6 Å². The molecule has 1 saturated heterocycles. The Morgan fingerprint density at radius 1 is 0.973 bits per heavy atom. The molecule has 2 aliphatic rings. The Morgan fingerprint density at radius 3 is 2.76 bits per heavy atom. The maximum atomic E-state index is 14.5. The lowest BCUT2D eigenvalue weighted by Gasteiger charge is -2.36. The Kier molecular flexibility index (Phi) is 5.32. The minimum absolute atomic E-state index is 0.0180. The summed E-state index contributed by atoms with van der Waals surface area (Å²) in [7, 11) is 0. The molecule has 0 spiro atoms. The number of morpholine rings is 1. The predicted octanol–water partition coefficient (Wildman–Crippen LogP) is 3.72. The number of hydrogen-bond donors (Lipinski definition) is 1. The van der Waals surface area contributed by atoms with Crippen molar-refractivity contribution in [1.82, 2.24) is 29.5 Å². The Labute approximate surface area is 212 Å². The first kappa shape index (κ1) is 21.9. The molecule has 0 unspecified atom stereocenters. The van der Waals surface area contributed by atoms with E-state index in [2.05, 4.69) is 41.9 Å². The molecule has 5 aromatic rings. The molecule has 1 aromatic carbocycles. The van der Waals surface area contributed by atoms with Gasteiger partial charge in [0.05, 0.1) is 24.3 Å². The smallest absolute Gasteiger partial charge is 0.148 e. The number of hydrogen-bond acceptors (Lipinski definition) is 7. The van der Waals surface area contributed by atoms with Crippen molar-refractivity contribution in [2.75, 3.05) is 36.0 Å². The SMILES string of the molecule is Fc1cccn2nc([C@@H]3c4nc[nH]c4CCN3c3cc(N4CCO[C@@H](c5ccccc5)C4)ncn3)cc12. The molecule has 0 amide bonds. The van der Waals surface area contributed by atoms with E-state index >= 15 is 0 Å². The van der Waals surface area contributed by atoms with Gasteiger partial charge in [-0.2, -0.15) is 5.10 Å². The fraction of sp³-hybridized carbons (Fsp3) is 0.259. The average Bonchev–Trinajstić information content (AvgIpc) is 3.61. The summed E-state index contributed by atoms with van der Waals surface area (Å²) in [6.07, 6.45) is 5.85. The van der Waals surface area contributed by atoms with Crippen LogP contribution in [-0.2, 0) is 11.2 Å². The third-order valence-corrected chi connectivity index (χ3v) is 7.17. The lowest BCUT2D eigenvalue weighted by Crippen LogP contribution is -2.40. The number of fused-ring (bicyclic) bond motifs is 2. The summed E-state index contributed by atoms with van der Waals surface area (Å²) < 4.78 is 22.1. The number of benzene rings is 1. The molecule has 2 aliphatic heterocycles. The van der Waals surface area contributed by atoms with Crippen LogP contribution in [0, 0.1) is 5.82 Å². The van der Waals surface area contributed by atoms with Crippen LogP contribution in [0.1, 0.15) is 34.8 Å². The zero-order chi connectivity index (χ0) is 24.8. The number of nitrogens with zero attached hydrogens (tertiary/aromatic N) is 7. The summed E-state index contributed by atoms with van der Waals surface area (Å²) in [6, 6.07) is 16.9. The molecule has 37 heavy (non-hydrogen) atoms. The summed E-state index contributed by atoms with van der Waals surface area (Å²) in [6.45, 7) is 2.79. The molecule has 0 bridgehead atoms. The van der Waals surface area contributed by atoms with E-state index in [-0.39, 0.29) is 18.0 Å². The minimum atomic E-state index is -0.310. The van der Waals surface area contributed by atoms with Crippen molar-refractivity contribution in [3.8, 4) is 0 Å². The van der Waals surface area contributed by atoms with Gasteiger partial charge < -0.3 is 19.5 Å². The zero-order valence-electron chi connectivity index (χ0n) is 20.0. The Hall–Kier alpha value is -4.31. The molecule has 0 aliphatic carbocycles. The number of H-pyrrole nitrogens is 1. The average molecular weight is 497 g/mol. The van der Waals surface area contributed by atoms with Gasteiger partial charge >= 0.3 is 0 Å². The molecule has 0 radical (unpaired) electrons. The van der Waals surface area contributed by atoms with E-state index in [4.69, 9.17) is 9.84 Å². The van der Waals surface area contributed by atoms with E-state index in [1.807, 2.05) is 24.3 Å². The summed E-state index contributed by atoms with van der Waals surface area (Å²) in [5, 5.41) is 4.72. The highest BCUT2D eigenvalue weighted by molar-refractivity contribution is 5.57. The third kappa shape index (κ3) is 3.89. The van der Waals surface area contributed by atoms with Crippen molar-refractivity contribution >= 4 is 17.2 Å². The van der Waals surface area contributed by atoms with Crippen molar-refractivity contribution in [2.24, 2.45) is 0 Å². The van der Waals surface area contributed by atoms with Gasteiger partial charge in [0.15, 0.2) is 0 Å². The third-order valence-electron chi connectivity index (χ3n) is 7.17. The largest absolute Gasteiger partial charge is 0.370 e. The van der Waals surface area contributed by atoms with Crippen LogP contribution >= 0.6 is 0 Å². The summed E-state index contributed by atoms with van der Waals surface area (Å²) in [4.78, 5) is 21.6. The van der Waals surface area contributed by atoms with Crippen LogP contribution in [-0.4, -0.2) is 55.8 Å².